The van der Waals surface area contributed by atoms with Crippen LogP contribution in [0.2, 0.25) is 0 Å². The van der Waals surface area contributed by atoms with Gasteiger partial charge in [0.25, 0.3) is 5.56 Å². The summed E-state index contributed by atoms with van der Waals surface area (Å²) in [6.07, 6.45) is -0.161. The van der Waals surface area contributed by atoms with E-state index in [2.05, 4.69) is 10.2 Å². The number of nitrogens with one attached hydrogen (secondary N) is 2. The Hall–Kier alpha value is -1.56. The molecule has 0 aliphatic heterocycles. The summed E-state index contributed by atoms with van der Waals surface area (Å²) < 4.78 is 0. The van der Waals surface area contributed by atoms with Crippen LogP contribution in [0.4, 0.5) is 0 Å². The van der Waals surface area contributed by atoms with Crippen molar-refractivity contribution in [2.24, 2.45) is 0 Å². The highest BCUT2D eigenvalue weighted by atomic mass is 16.4. The third-order valence-electron chi connectivity index (χ3n) is 2.00. The van der Waals surface area contributed by atoms with Crippen LogP contribution < -0.4 is 5.56 Å². The van der Waals surface area contributed by atoms with Gasteiger partial charge in [-0.3, -0.25) is 15.0 Å². The molecule has 1 rings (SSSR count). The van der Waals surface area contributed by atoms with Crippen molar-refractivity contribution < 1.29 is 15.0 Å². The fourth-order valence-electron chi connectivity index (χ4n) is 1.14. The van der Waals surface area contributed by atoms with E-state index in [1.807, 2.05) is 0 Å². The summed E-state index contributed by atoms with van der Waals surface area (Å²) in [5.41, 5.74) is -0.579. The van der Waals surface area contributed by atoms with Crippen LogP contribution in [0.3, 0.4) is 0 Å². The van der Waals surface area contributed by atoms with Gasteiger partial charge in [0.2, 0.25) is 0 Å². The van der Waals surface area contributed by atoms with E-state index in [1.54, 1.807) is 6.92 Å². The minimum atomic E-state index is -1.21. The number of aliphatic hydroxyl groups excluding tert-OH is 1. The van der Waals surface area contributed by atoms with Gasteiger partial charge in [-0.1, -0.05) is 6.92 Å². The molecule has 0 aromatic carbocycles. The summed E-state index contributed by atoms with van der Waals surface area (Å²) in [5, 5.41) is 22.4. The SMILES string of the molecule is CCC(O)Cc1c(C(=O)O)[nH][nH]c1=O. The Kier molecular flexibility index (Phi) is 3.08. The number of aromatic nitrogens is 2. The maximum absolute atomic E-state index is 11.1. The van der Waals surface area contributed by atoms with Gasteiger partial charge in [-0.25, -0.2) is 4.79 Å². The normalized spacial score (nSPS) is 12.7. The standard InChI is InChI=1S/C8H12N2O4/c1-2-4(11)3-5-6(8(13)14)9-10-7(5)12/h4,11H,2-3H2,1H3,(H,13,14)(H2,9,10,12). The number of carboxylic acids is 1. The average Bonchev–Trinajstić information content (AvgIpc) is 2.48. The van der Waals surface area contributed by atoms with E-state index in [0.29, 0.717) is 6.42 Å². The third kappa shape index (κ3) is 2.02. The van der Waals surface area contributed by atoms with Gasteiger partial charge in [0.1, 0.15) is 5.69 Å². The molecule has 0 amide bonds. The molecule has 0 aliphatic rings. The Labute approximate surface area is 79.6 Å². The van der Waals surface area contributed by atoms with Crippen molar-refractivity contribution in [2.75, 3.05) is 0 Å². The highest BCUT2D eigenvalue weighted by molar-refractivity contribution is 5.86. The molecule has 0 fully saturated rings. The molecule has 0 saturated carbocycles. The van der Waals surface area contributed by atoms with Crippen molar-refractivity contribution in [3.8, 4) is 0 Å². The predicted molar refractivity (Wildman–Crippen MR) is 48.4 cm³/mol. The number of aromatic carboxylic acids is 1. The third-order valence-corrected chi connectivity index (χ3v) is 2.00. The first kappa shape index (κ1) is 10.5. The Bertz CT molecular complexity index is 379. The smallest absolute Gasteiger partial charge is 0.354 e. The Morgan fingerprint density at radius 2 is 2.14 bits per heavy atom. The van der Waals surface area contributed by atoms with E-state index in [9.17, 15) is 14.7 Å². The molecule has 1 heterocycles. The van der Waals surface area contributed by atoms with Crippen LogP contribution in [0.15, 0.2) is 4.79 Å². The number of rotatable bonds is 4. The van der Waals surface area contributed by atoms with Crippen molar-refractivity contribution in [2.45, 2.75) is 25.9 Å². The van der Waals surface area contributed by atoms with Gasteiger partial charge in [-0.2, -0.15) is 0 Å². The van der Waals surface area contributed by atoms with Gasteiger partial charge in [-0.05, 0) is 6.42 Å². The first-order chi connectivity index (χ1) is 6.56. The van der Waals surface area contributed by atoms with Crippen molar-refractivity contribution in [1.82, 2.24) is 10.2 Å². The molecule has 1 aromatic heterocycles. The van der Waals surface area contributed by atoms with Crippen LogP contribution in [0.25, 0.3) is 0 Å². The summed E-state index contributed by atoms with van der Waals surface area (Å²) in [5.74, 6) is -1.21. The van der Waals surface area contributed by atoms with E-state index in [4.69, 9.17) is 5.11 Å². The Balaban J connectivity index is 3.00. The number of hydrogen-bond acceptors (Lipinski definition) is 3. The minimum absolute atomic E-state index is 0.0525. The van der Waals surface area contributed by atoms with Gasteiger partial charge in [0.05, 0.1) is 11.7 Å². The quantitative estimate of drug-likeness (QED) is 0.536. The molecule has 6 heteroatoms. The zero-order chi connectivity index (χ0) is 10.7. The maximum atomic E-state index is 11.1. The number of hydrogen-bond donors (Lipinski definition) is 4. The molecule has 14 heavy (non-hydrogen) atoms. The van der Waals surface area contributed by atoms with E-state index < -0.39 is 17.6 Å². The van der Waals surface area contributed by atoms with E-state index >= 15 is 0 Å². The summed E-state index contributed by atoms with van der Waals surface area (Å²) in [4.78, 5) is 21.8. The zero-order valence-electron chi connectivity index (χ0n) is 7.70. The van der Waals surface area contributed by atoms with Gasteiger partial charge in [0, 0.05) is 6.42 Å². The molecule has 4 N–H and O–H groups in total. The second kappa shape index (κ2) is 4.10. The van der Waals surface area contributed by atoms with Gasteiger partial charge in [0.15, 0.2) is 0 Å². The van der Waals surface area contributed by atoms with Crippen molar-refractivity contribution in [3.05, 3.63) is 21.6 Å². The molecule has 1 unspecified atom stereocenters. The number of aromatic amines is 2. The molecule has 78 valence electrons. The number of aliphatic hydroxyl groups is 1. The highest BCUT2D eigenvalue weighted by Gasteiger charge is 2.18. The fourth-order valence-corrected chi connectivity index (χ4v) is 1.14. The first-order valence-electron chi connectivity index (χ1n) is 4.27. The number of carboxylic acid groups (broad SMARTS) is 1. The molecular weight excluding hydrogens is 188 g/mol. The lowest BCUT2D eigenvalue weighted by Gasteiger charge is -2.04. The largest absolute Gasteiger partial charge is 0.477 e. The summed E-state index contributed by atoms with van der Waals surface area (Å²) >= 11 is 0. The van der Waals surface area contributed by atoms with E-state index in [-0.39, 0.29) is 17.7 Å². The molecule has 0 bridgehead atoms. The van der Waals surface area contributed by atoms with Crippen molar-refractivity contribution >= 4 is 5.97 Å². The van der Waals surface area contributed by atoms with E-state index in [0.717, 1.165) is 0 Å². The summed E-state index contributed by atoms with van der Waals surface area (Å²) in [7, 11) is 0. The first-order valence-corrected chi connectivity index (χ1v) is 4.27. The Morgan fingerprint density at radius 3 is 2.64 bits per heavy atom. The number of H-pyrrole nitrogens is 2. The fraction of sp³-hybridized carbons (Fsp3) is 0.500. The summed E-state index contributed by atoms with van der Waals surface area (Å²) in [6.45, 7) is 1.76. The predicted octanol–water partition coefficient (Wildman–Crippen LogP) is -0.285. The van der Waals surface area contributed by atoms with Crippen LogP contribution >= 0.6 is 0 Å². The molecule has 1 aromatic rings. The van der Waals surface area contributed by atoms with Crippen LogP contribution in [0, 0.1) is 0 Å². The van der Waals surface area contributed by atoms with Crippen molar-refractivity contribution in [1.29, 1.82) is 0 Å². The molecule has 6 nitrogen and oxygen atoms in total. The highest BCUT2D eigenvalue weighted by Crippen LogP contribution is 2.05. The maximum Gasteiger partial charge on any atom is 0.354 e. The average molecular weight is 200 g/mol. The second-order valence-corrected chi connectivity index (χ2v) is 3.00. The topological polar surface area (TPSA) is 106 Å². The van der Waals surface area contributed by atoms with Crippen LogP contribution in [-0.4, -0.2) is 32.5 Å². The monoisotopic (exact) mass is 200 g/mol. The van der Waals surface area contributed by atoms with E-state index in [1.165, 1.54) is 0 Å². The van der Waals surface area contributed by atoms with Crippen molar-refractivity contribution in [3.63, 3.8) is 0 Å². The van der Waals surface area contributed by atoms with Crippen LogP contribution in [0.5, 0.6) is 0 Å². The van der Waals surface area contributed by atoms with Gasteiger partial charge in [-0.15, -0.1) is 0 Å². The molecule has 0 spiro atoms. The zero-order valence-corrected chi connectivity index (χ0v) is 7.70. The second-order valence-electron chi connectivity index (χ2n) is 3.00. The lowest BCUT2D eigenvalue weighted by molar-refractivity contribution is 0.0688. The van der Waals surface area contributed by atoms with Gasteiger partial charge >= 0.3 is 5.97 Å². The molecule has 0 saturated heterocycles. The molecule has 0 aliphatic carbocycles. The summed E-state index contributed by atoms with van der Waals surface area (Å²) in [6, 6.07) is 0. The molecular formula is C8H12N2O4. The lowest BCUT2D eigenvalue weighted by Crippen LogP contribution is -2.17. The minimum Gasteiger partial charge on any atom is -0.477 e. The Morgan fingerprint density at radius 1 is 1.50 bits per heavy atom. The molecule has 1 atom stereocenters. The van der Waals surface area contributed by atoms with Crippen LogP contribution in [0.1, 0.15) is 29.4 Å². The molecule has 0 radical (unpaired) electrons. The lowest BCUT2D eigenvalue weighted by atomic mass is 10.1. The van der Waals surface area contributed by atoms with Gasteiger partial charge < -0.3 is 10.2 Å². The number of carbonyl (C=O) groups is 1. The van der Waals surface area contributed by atoms with Crippen LogP contribution in [-0.2, 0) is 6.42 Å².